The highest BCUT2D eigenvalue weighted by Crippen LogP contribution is 2.30. The Bertz CT molecular complexity index is 598. The third-order valence-electron chi connectivity index (χ3n) is 2.62. The first-order valence-electron chi connectivity index (χ1n) is 6.02. The van der Waals surface area contributed by atoms with Gasteiger partial charge in [0, 0.05) is 6.08 Å². The lowest BCUT2D eigenvalue weighted by Gasteiger charge is -2.09. The molecule has 0 saturated carbocycles. The average Bonchev–Trinajstić information content (AvgIpc) is 2.50. The van der Waals surface area contributed by atoms with Gasteiger partial charge in [-0.05, 0) is 23.8 Å². The molecule has 0 amide bonds. The number of hydrogen-bond acceptors (Lipinski definition) is 4. The van der Waals surface area contributed by atoms with Gasteiger partial charge in [-0.25, -0.2) is 9.59 Å². The standard InChI is InChI=1S/C15H13F3O4/c1-21-13(19)5-3-4-12(14(20)22-2)10-6-8-11(9-7-10)15(16,17)18/h3-9H,1-2H3. The van der Waals surface area contributed by atoms with Crippen LogP contribution in [0.15, 0.2) is 42.5 Å². The molecule has 0 heterocycles. The zero-order valence-electron chi connectivity index (χ0n) is 11.8. The largest absolute Gasteiger partial charge is 0.466 e. The van der Waals surface area contributed by atoms with Crippen LogP contribution in [0.5, 0.6) is 0 Å². The summed E-state index contributed by atoms with van der Waals surface area (Å²) in [6.07, 6.45) is -0.896. The zero-order valence-corrected chi connectivity index (χ0v) is 11.8. The Morgan fingerprint density at radius 1 is 1.05 bits per heavy atom. The van der Waals surface area contributed by atoms with Gasteiger partial charge in [0.05, 0.1) is 25.4 Å². The molecule has 0 aliphatic rings. The van der Waals surface area contributed by atoms with Crippen molar-refractivity contribution in [1.82, 2.24) is 0 Å². The highest BCUT2D eigenvalue weighted by Gasteiger charge is 2.30. The SMILES string of the molecule is COC(=O)C=CC=C(C(=O)OC)c1ccc(C(F)(F)F)cc1. The number of rotatable bonds is 4. The third kappa shape index (κ3) is 4.76. The summed E-state index contributed by atoms with van der Waals surface area (Å²) in [5.74, 6) is -1.37. The summed E-state index contributed by atoms with van der Waals surface area (Å²) in [5.41, 5.74) is -0.587. The molecule has 0 aliphatic carbocycles. The summed E-state index contributed by atoms with van der Waals surface area (Å²) in [5, 5.41) is 0. The van der Waals surface area contributed by atoms with Crippen molar-refractivity contribution >= 4 is 17.5 Å². The van der Waals surface area contributed by atoms with Crippen LogP contribution < -0.4 is 0 Å². The Labute approximate surface area is 124 Å². The summed E-state index contributed by atoms with van der Waals surface area (Å²) >= 11 is 0. The van der Waals surface area contributed by atoms with E-state index in [0.29, 0.717) is 0 Å². The molecule has 22 heavy (non-hydrogen) atoms. The van der Waals surface area contributed by atoms with E-state index < -0.39 is 23.7 Å². The van der Waals surface area contributed by atoms with Gasteiger partial charge in [0.1, 0.15) is 0 Å². The Hall–Kier alpha value is -2.57. The number of alkyl halides is 3. The summed E-state index contributed by atoms with van der Waals surface area (Å²) < 4.78 is 46.5. The maximum atomic E-state index is 12.5. The molecule has 0 aliphatic heterocycles. The molecule has 0 bridgehead atoms. The molecule has 118 valence electrons. The van der Waals surface area contributed by atoms with E-state index in [1.165, 1.54) is 19.3 Å². The summed E-state index contributed by atoms with van der Waals surface area (Å²) in [6.45, 7) is 0. The first-order valence-corrected chi connectivity index (χ1v) is 6.02. The quantitative estimate of drug-likeness (QED) is 0.487. The lowest BCUT2D eigenvalue weighted by molar-refractivity contribution is -0.137. The van der Waals surface area contributed by atoms with E-state index in [0.717, 1.165) is 37.5 Å². The summed E-state index contributed by atoms with van der Waals surface area (Å²) in [6, 6.07) is 4.02. The first kappa shape index (κ1) is 17.5. The number of halogens is 3. The number of methoxy groups -OCH3 is 2. The Morgan fingerprint density at radius 3 is 2.09 bits per heavy atom. The predicted molar refractivity (Wildman–Crippen MR) is 72.6 cm³/mol. The lowest BCUT2D eigenvalue weighted by Crippen LogP contribution is -2.07. The monoisotopic (exact) mass is 314 g/mol. The molecule has 1 rings (SSSR count). The van der Waals surface area contributed by atoms with Gasteiger partial charge in [-0.2, -0.15) is 13.2 Å². The van der Waals surface area contributed by atoms with E-state index in [9.17, 15) is 22.8 Å². The molecule has 1 aromatic carbocycles. The molecule has 0 spiro atoms. The van der Waals surface area contributed by atoms with E-state index in [2.05, 4.69) is 9.47 Å². The van der Waals surface area contributed by atoms with Crippen molar-refractivity contribution in [2.24, 2.45) is 0 Å². The van der Waals surface area contributed by atoms with Crippen LogP contribution in [-0.2, 0) is 25.2 Å². The van der Waals surface area contributed by atoms with Crippen molar-refractivity contribution in [1.29, 1.82) is 0 Å². The van der Waals surface area contributed by atoms with Gasteiger partial charge in [-0.1, -0.05) is 18.2 Å². The fraction of sp³-hybridized carbons (Fsp3) is 0.200. The van der Waals surface area contributed by atoms with Crippen molar-refractivity contribution in [3.05, 3.63) is 53.6 Å². The number of carbonyl (C=O) groups excluding carboxylic acids is 2. The van der Waals surface area contributed by atoms with Crippen LogP contribution >= 0.6 is 0 Å². The minimum atomic E-state index is -4.46. The molecule has 0 radical (unpaired) electrons. The zero-order chi connectivity index (χ0) is 16.8. The van der Waals surface area contributed by atoms with Gasteiger partial charge >= 0.3 is 18.1 Å². The van der Waals surface area contributed by atoms with E-state index in [4.69, 9.17) is 0 Å². The lowest BCUT2D eigenvalue weighted by atomic mass is 10.0. The third-order valence-corrected chi connectivity index (χ3v) is 2.62. The van der Waals surface area contributed by atoms with Crippen LogP contribution in [-0.4, -0.2) is 26.2 Å². The number of benzene rings is 1. The van der Waals surface area contributed by atoms with E-state index >= 15 is 0 Å². The molecule has 0 fully saturated rings. The second kappa shape index (κ2) is 7.44. The number of hydrogen-bond donors (Lipinski definition) is 0. The molecule has 0 unspecified atom stereocenters. The van der Waals surface area contributed by atoms with Crippen LogP contribution in [0.2, 0.25) is 0 Å². The minimum absolute atomic E-state index is 0.0105. The number of esters is 2. The van der Waals surface area contributed by atoms with Crippen molar-refractivity contribution < 1.29 is 32.2 Å². The fourth-order valence-electron chi connectivity index (χ4n) is 1.52. The van der Waals surface area contributed by atoms with Crippen molar-refractivity contribution in [2.45, 2.75) is 6.18 Å². The minimum Gasteiger partial charge on any atom is -0.466 e. The normalized spacial score (nSPS) is 12.3. The van der Waals surface area contributed by atoms with Gasteiger partial charge in [0.25, 0.3) is 0 Å². The Kier molecular flexibility index (Phi) is 5.91. The predicted octanol–water partition coefficient (Wildman–Crippen LogP) is 2.99. The highest BCUT2D eigenvalue weighted by atomic mass is 19.4. The molecular formula is C15H13F3O4. The Morgan fingerprint density at radius 2 is 1.64 bits per heavy atom. The molecule has 1 aromatic rings. The van der Waals surface area contributed by atoms with Gasteiger partial charge < -0.3 is 9.47 Å². The summed E-state index contributed by atoms with van der Waals surface area (Å²) in [7, 11) is 2.33. The molecule has 7 heteroatoms. The van der Waals surface area contributed by atoms with Crippen molar-refractivity contribution in [3.63, 3.8) is 0 Å². The van der Waals surface area contributed by atoms with Gasteiger partial charge in [0.2, 0.25) is 0 Å². The number of allylic oxidation sites excluding steroid dienone is 2. The maximum absolute atomic E-state index is 12.5. The summed E-state index contributed by atoms with van der Waals surface area (Å²) in [4.78, 5) is 22.6. The molecule has 0 atom stereocenters. The van der Waals surface area contributed by atoms with Crippen LogP contribution in [0.1, 0.15) is 11.1 Å². The van der Waals surface area contributed by atoms with Crippen LogP contribution in [0.4, 0.5) is 13.2 Å². The second-order valence-corrected chi connectivity index (χ2v) is 4.03. The van der Waals surface area contributed by atoms with Crippen molar-refractivity contribution in [3.8, 4) is 0 Å². The van der Waals surface area contributed by atoms with E-state index in [1.807, 2.05) is 0 Å². The van der Waals surface area contributed by atoms with Crippen LogP contribution in [0.3, 0.4) is 0 Å². The number of carbonyl (C=O) groups is 2. The highest BCUT2D eigenvalue weighted by molar-refractivity contribution is 6.16. The first-order chi connectivity index (χ1) is 10.3. The van der Waals surface area contributed by atoms with E-state index in [1.54, 1.807) is 0 Å². The van der Waals surface area contributed by atoms with Crippen LogP contribution in [0.25, 0.3) is 5.57 Å². The van der Waals surface area contributed by atoms with E-state index in [-0.39, 0.29) is 11.1 Å². The van der Waals surface area contributed by atoms with Gasteiger partial charge in [0.15, 0.2) is 0 Å². The van der Waals surface area contributed by atoms with Crippen molar-refractivity contribution in [2.75, 3.05) is 14.2 Å². The second-order valence-electron chi connectivity index (χ2n) is 4.03. The molecular weight excluding hydrogens is 301 g/mol. The van der Waals surface area contributed by atoms with Crippen LogP contribution in [0, 0.1) is 0 Å². The molecule has 0 aromatic heterocycles. The maximum Gasteiger partial charge on any atom is 0.416 e. The molecule has 0 saturated heterocycles. The topological polar surface area (TPSA) is 52.6 Å². The average molecular weight is 314 g/mol. The van der Waals surface area contributed by atoms with Gasteiger partial charge in [-0.15, -0.1) is 0 Å². The molecule has 0 N–H and O–H groups in total. The smallest absolute Gasteiger partial charge is 0.416 e. The fourth-order valence-corrected chi connectivity index (χ4v) is 1.52. The Balaban J connectivity index is 3.13. The molecule has 4 nitrogen and oxygen atoms in total. The number of ether oxygens (including phenoxy) is 2. The van der Waals surface area contributed by atoms with Gasteiger partial charge in [-0.3, -0.25) is 0 Å².